The van der Waals surface area contributed by atoms with Crippen LogP contribution in [0.15, 0.2) is 12.3 Å². The predicted octanol–water partition coefficient (Wildman–Crippen LogP) is 5.02. The van der Waals surface area contributed by atoms with Gasteiger partial charge in [0.1, 0.15) is 5.82 Å². The summed E-state index contributed by atoms with van der Waals surface area (Å²) in [7, 11) is 0. The molecule has 1 N–H and O–H groups in total. The number of rotatable bonds is 3. The van der Waals surface area contributed by atoms with Crippen LogP contribution in [0.1, 0.15) is 39.5 Å². The molecule has 0 radical (unpaired) electrons. The number of hydrogen-bond donors (Lipinski definition) is 1. The highest BCUT2D eigenvalue weighted by Gasteiger charge is 2.28. The van der Waals surface area contributed by atoms with E-state index in [-0.39, 0.29) is 0 Å². The molecule has 100 valence electrons. The van der Waals surface area contributed by atoms with Crippen LogP contribution in [0.3, 0.4) is 0 Å². The molecule has 2 rings (SSSR count). The third kappa shape index (κ3) is 3.30. The van der Waals surface area contributed by atoms with Crippen molar-refractivity contribution < 1.29 is 0 Å². The summed E-state index contributed by atoms with van der Waals surface area (Å²) in [5, 5.41) is 4.69. The standard InChI is InChI=1S/C14H20Cl2N2/c1-9(2)11-5-3-4-6-13(11)18-14-12(16)7-10(15)8-17-14/h7-9,11,13H,3-6H2,1-2H3,(H,17,18). The Morgan fingerprint density at radius 1 is 1.28 bits per heavy atom. The van der Waals surface area contributed by atoms with E-state index < -0.39 is 0 Å². The zero-order valence-corrected chi connectivity index (χ0v) is 12.4. The molecule has 0 saturated heterocycles. The number of hydrogen-bond acceptors (Lipinski definition) is 2. The third-order valence-corrected chi connectivity index (χ3v) is 4.30. The van der Waals surface area contributed by atoms with E-state index in [1.807, 2.05) is 0 Å². The van der Waals surface area contributed by atoms with Gasteiger partial charge in [0.05, 0.1) is 10.0 Å². The average Bonchev–Trinajstić information content (AvgIpc) is 2.33. The fourth-order valence-electron chi connectivity index (χ4n) is 2.83. The highest BCUT2D eigenvalue weighted by Crippen LogP contribution is 2.33. The maximum absolute atomic E-state index is 6.17. The molecule has 2 nitrogen and oxygen atoms in total. The molecule has 0 amide bonds. The maximum Gasteiger partial charge on any atom is 0.145 e. The van der Waals surface area contributed by atoms with Crippen molar-refractivity contribution in [2.45, 2.75) is 45.6 Å². The largest absolute Gasteiger partial charge is 0.366 e. The molecule has 1 aromatic rings. The molecule has 1 heterocycles. The van der Waals surface area contributed by atoms with Gasteiger partial charge in [-0.05, 0) is 30.7 Å². The van der Waals surface area contributed by atoms with Crippen LogP contribution in [0.5, 0.6) is 0 Å². The Bertz CT molecular complexity index is 407. The lowest BCUT2D eigenvalue weighted by Crippen LogP contribution is -2.35. The topological polar surface area (TPSA) is 24.9 Å². The second-order valence-corrected chi connectivity index (χ2v) is 6.27. The first kappa shape index (κ1) is 14.0. The summed E-state index contributed by atoms with van der Waals surface area (Å²) in [6, 6.07) is 2.22. The van der Waals surface area contributed by atoms with Gasteiger partial charge in [0, 0.05) is 12.2 Å². The van der Waals surface area contributed by atoms with E-state index in [1.54, 1.807) is 12.3 Å². The van der Waals surface area contributed by atoms with Gasteiger partial charge in [0.15, 0.2) is 0 Å². The van der Waals surface area contributed by atoms with Crippen molar-refractivity contribution in [2.75, 3.05) is 5.32 Å². The molecular formula is C14H20Cl2N2. The lowest BCUT2D eigenvalue weighted by Gasteiger charge is -2.35. The van der Waals surface area contributed by atoms with Crippen LogP contribution in [-0.4, -0.2) is 11.0 Å². The molecule has 0 bridgehead atoms. The van der Waals surface area contributed by atoms with Gasteiger partial charge in [-0.15, -0.1) is 0 Å². The molecule has 2 unspecified atom stereocenters. The first-order valence-electron chi connectivity index (χ1n) is 6.65. The van der Waals surface area contributed by atoms with Gasteiger partial charge < -0.3 is 5.32 Å². The highest BCUT2D eigenvalue weighted by molar-refractivity contribution is 6.35. The zero-order chi connectivity index (χ0) is 13.1. The number of halogens is 2. The molecule has 1 aliphatic carbocycles. The van der Waals surface area contributed by atoms with Gasteiger partial charge in [0.2, 0.25) is 0 Å². The summed E-state index contributed by atoms with van der Waals surface area (Å²) in [6.45, 7) is 4.59. The van der Waals surface area contributed by atoms with Crippen LogP contribution < -0.4 is 5.32 Å². The maximum atomic E-state index is 6.17. The number of nitrogens with zero attached hydrogens (tertiary/aromatic N) is 1. The van der Waals surface area contributed by atoms with E-state index in [0.717, 1.165) is 5.82 Å². The van der Waals surface area contributed by atoms with Crippen LogP contribution in [0, 0.1) is 11.8 Å². The van der Waals surface area contributed by atoms with Crippen molar-refractivity contribution in [1.29, 1.82) is 0 Å². The number of aromatic nitrogens is 1. The summed E-state index contributed by atoms with van der Waals surface area (Å²) in [6.07, 6.45) is 6.75. The molecular weight excluding hydrogens is 267 g/mol. The summed E-state index contributed by atoms with van der Waals surface area (Å²) >= 11 is 12.0. The molecule has 1 fully saturated rings. The van der Waals surface area contributed by atoms with Crippen molar-refractivity contribution in [3.63, 3.8) is 0 Å². The van der Waals surface area contributed by atoms with Crippen molar-refractivity contribution in [3.05, 3.63) is 22.3 Å². The lowest BCUT2D eigenvalue weighted by molar-refractivity contribution is 0.253. The summed E-state index contributed by atoms with van der Waals surface area (Å²) in [4.78, 5) is 4.29. The molecule has 1 aliphatic rings. The predicted molar refractivity (Wildman–Crippen MR) is 78.5 cm³/mol. The first-order valence-corrected chi connectivity index (χ1v) is 7.41. The van der Waals surface area contributed by atoms with Crippen molar-refractivity contribution in [1.82, 2.24) is 4.98 Å². The Morgan fingerprint density at radius 3 is 2.67 bits per heavy atom. The molecule has 18 heavy (non-hydrogen) atoms. The summed E-state index contributed by atoms with van der Waals surface area (Å²) in [5.74, 6) is 2.15. The second-order valence-electron chi connectivity index (χ2n) is 5.43. The SMILES string of the molecule is CC(C)C1CCCCC1Nc1ncc(Cl)cc1Cl. The van der Waals surface area contributed by atoms with E-state index in [4.69, 9.17) is 23.2 Å². The van der Waals surface area contributed by atoms with E-state index in [0.29, 0.717) is 27.9 Å². The summed E-state index contributed by atoms with van der Waals surface area (Å²) < 4.78 is 0. The van der Waals surface area contributed by atoms with Gasteiger partial charge in [-0.3, -0.25) is 0 Å². The van der Waals surface area contributed by atoms with Crippen molar-refractivity contribution in [3.8, 4) is 0 Å². The molecule has 1 saturated carbocycles. The zero-order valence-electron chi connectivity index (χ0n) is 10.9. The number of anilines is 1. The highest BCUT2D eigenvalue weighted by atomic mass is 35.5. The molecule has 0 aliphatic heterocycles. The Kier molecular flexibility index (Phi) is 4.74. The van der Waals surface area contributed by atoms with E-state index >= 15 is 0 Å². The average molecular weight is 287 g/mol. The summed E-state index contributed by atoms with van der Waals surface area (Å²) in [5.41, 5.74) is 0. The van der Waals surface area contributed by atoms with Crippen molar-refractivity contribution >= 4 is 29.0 Å². The van der Waals surface area contributed by atoms with Crippen LogP contribution in [0.25, 0.3) is 0 Å². The Balaban J connectivity index is 2.11. The molecule has 0 spiro atoms. The minimum Gasteiger partial charge on any atom is -0.366 e. The lowest BCUT2D eigenvalue weighted by atomic mass is 9.78. The Labute approximate surface area is 119 Å². The van der Waals surface area contributed by atoms with Gasteiger partial charge >= 0.3 is 0 Å². The van der Waals surface area contributed by atoms with Crippen molar-refractivity contribution in [2.24, 2.45) is 11.8 Å². The van der Waals surface area contributed by atoms with Gasteiger partial charge in [0.25, 0.3) is 0 Å². The minimum atomic E-state index is 0.477. The molecule has 2 atom stereocenters. The Hall–Kier alpha value is -0.470. The van der Waals surface area contributed by atoms with Crippen LogP contribution >= 0.6 is 23.2 Å². The normalized spacial score (nSPS) is 24.3. The third-order valence-electron chi connectivity index (χ3n) is 3.81. The smallest absolute Gasteiger partial charge is 0.145 e. The monoisotopic (exact) mass is 286 g/mol. The molecule has 0 aromatic carbocycles. The quantitative estimate of drug-likeness (QED) is 0.844. The van der Waals surface area contributed by atoms with Gasteiger partial charge in [-0.1, -0.05) is 49.9 Å². The van der Waals surface area contributed by atoms with Crippen LogP contribution in [0.2, 0.25) is 10.0 Å². The Morgan fingerprint density at radius 2 is 2.00 bits per heavy atom. The van der Waals surface area contributed by atoms with E-state index in [1.165, 1.54) is 25.7 Å². The fourth-order valence-corrected chi connectivity index (χ4v) is 3.27. The van der Waals surface area contributed by atoms with Crippen LogP contribution in [-0.2, 0) is 0 Å². The minimum absolute atomic E-state index is 0.477. The fraction of sp³-hybridized carbons (Fsp3) is 0.643. The van der Waals surface area contributed by atoms with E-state index in [2.05, 4.69) is 24.1 Å². The number of pyridine rings is 1. The molecule has 4 heteroatoms. The van der Waals surface area contributed by atoms with Gasteiger partial charge in [-0.25, -0.2) is 4.98 Å². The molecule has 1 aromatic heterocycles. The van der Waals surface area contributed by atoms with E-state index in [9.17, 15) is 0 Å². The van der Waals surface area contributed by atoms with Crippen LogP contribution in [0.4, 0.5) is 5.82 Å². The first-order chi connectivity index (χ1) is 8.58. The number of nitrogens with one attached hydrogen (secondary N) is 1. The van der Waals surface area contributed by atoms with Gasteiger partial charge in [-0.2, -0.15) is 0 Å². The second kappa shape index (κ2) is 6.12.